The van der Waals surface area contributed by atoms with Crippen molar-refractivity contribution in [2.24, 2.45) is 10.7 Å². The van der Waals surface area contributed by atoms with Gasteiger partial charge in [0.25, 0.3) is 0 Å². The third-order valence-electron chi connectivity index (χ3n) is 7.12. The number of carbonyl (C=O) groups is 2. The SMILES string of the molecule is NC(=O)[C@@H](Cc1ccc(C2=NCCN2)cc1)N(Cc1ccc(O)cc1)C(=O)C(c1ccccc1)c1ccccc1. The van der Waals surface area contributed by atoms with Gasteiger partial charge in [0.15, 0.2) is 0 Å². The molecule has 1 aliphatic heterocycles. The van der Waals surface area contributed by atoms with E-state index in [1.54, 1.807) is 29.2 Å². The van der Waals surface area contributed by atoms with Crippen molar-refractivity contribution in [2.45, 2.75) is 24.9 Å². The summed E-state index contributed by atoms with van der Waals surface area (Å²) in [6, 6.07) is 32.7. The molecule has 4 aromatic carbocycles. The summed E-state index contributed by atoms with van der Waals surface area (Å²) in [6.07, 6.45) is 0.260. The van der Waals surface area contributed by atoms with Gasteiger partial charge in [0.05, 0.1) is 12.5 Å². The number of benzene rings is 4. The smallest absolute Gasteiger partial charge is 0.240 e. The van der Waals surface area contributed by atoms with Gasteiger partial charge in [0.2, 0.25) is 11.8 Å². The van der Waals surface area contributed by atoms with E-state index in [-0.39, 0.29) is 24.6 Å². The number of amidine groups is 1. The molecule has 0 fully saturated rings. The highest BCUT2D eigenvalue weighted by atomic mass is 16.3. The van der Waals surface area contributed by atoms with Crippen molar-refractivity contribution in [1.29, 1.82) is 0 Å². The van der Waals surface area contributed by atoms with Crippen LogP contribution in [0.25, 0.3) is 0 Å². The molecule has 40 heavy (non-hydrogen) atoms. The zero-order valence-corrected chi connectivity index (χ0v) is 22.1. The highest BCUT2D eigenvalue weighted by molar-refractivity contribution is 5.99. The molecule has 2 amide bonds. The number of rotatable bonds is 10. The molecule has 0 aromatic heterocycles. The van der Waals surface area contributed by atoms with E-state index < -0.39 is 17.9 Å². The van der Waals surface area contributed by atoms with Crippen molar-refractivity contribution in [3.63, 3.8) is 0 Å². The van der Waals surface area contributed by atoms with Crippen molar-refractivity contribution in [3.05, 3.63) is 137 Å². The molecule has 7 nitrogen and oxygen atoms in total. The van der Waals surface area contributed by atoms with E-state index in [0.717, 1.165) is 46.7 Å². The van der Waals surface area contributed by atoms with E-state index in [0.29, 0.717) is 0 Å². The molecular weight excluding hydrogens is 500 g/mol. The molecule has 7 heteroatoms. The van der Waals surface area contributed by atoms with E-state index in [9.17, 15) is 14.7 Å². The monoisotopic (exact) mass is 532 g/mol. The molecule has 1 heterocycles. The Morgan fingerprint density at radius 3 is 1.93 bits per heavy atom. The molecule has 0 aliphatic carbocycles. The van der Waals surface area contributed by atoms with Gasteiger partial charge in [0, 0.05) is 25.1 Å². The lowest BCUT2D eigenvalue weighted by atomic mass is 9.89. The lowest BCUT2D eigenvalue weighted by Gasteiger charge is -2.33. The standard InChI is InChI=1S/C33H32N4O3/c34-31(39)29(21-23-11-15-27(16-12-23)32-35-19-20-36-32)37(22-24-13-17-28(38)18-14-24)33(40)30(25-7-3-1-4-8-25)26-9-5-2-6-10-26/h1-18,29-30,38H,19-22H2,(H2,34,39)(H,35,36)/t29-/m1/s1. The second kappa shape index (κ2) is 12.3. The van der Waals surface area contributed by atoms with Crippen LogP contribution >= 0.6 is 0 Å². The van der Waals surface area contributed by atoms with Crippen LogP contribution in [0.15, 0.2) is 114 Å². The van der Waals surface area contributed by atoms with E-state index in [1.165, 1.54) is 0 Å². The number of nitrogens with zero attached hydrogens (tertiary/aromatic N) is 2. The predicted octanol–water partition coefficient (Wildman–Crippen LogP) is 4.00. The molecular formula is C33H32N4O3. The Morgan fingerprint density at radius 1 is 0.825 bits per heavy atom. The zero-order valence-electron chi connectivity index (χ0n) is 22.1. The quantitative estimate of drug-likeness (QED) is 0.287. The highest BCUT2D eigenvalue weighted by Gasteiger charge is 2.34. The van der Waals surface area contributed by atoms with Crippen molar-refractivity contribution in [1.82, 2.24) is 10.2 Å². The minimum Gasteiger partial charge on any atom is -0.508 e. The summed E-state index contributed by atoms with van der Waals surface area (Å²) >= 11 is 0. The maximum atomic E-state index is 14.5. The fourth-order valence-electron chi connectivity index (χ4n) is 5.05. The normalized spacial score (nSPS) is 13.4. The molecule has 5 rings (SSSR count). The first kappa shape index (κ1) is 26.7. The first-order valence-electron chi connectivity index (χ1n) is 13.3. The zero-order chi connectivity index (χ0) is 27.9. The Hall–Kier alpha value is -4.91. The summed E-state index contributed by atoms with van der Waals surface area (Å²) in [5, 5.41) is 13.1. The van der Waals surface area contributed by atoms with Crippen LogP contribution in [0.1, 0.15) is 33.7 Å². The van der Waals surface area contributed by atoms with Gasteiger partial charge in [-0.2, -0.15) is 0 Å². The number of hydrogen-bond acceptors (Lipinski definition) is 5. The molecule has 4 N–H and O–H groups in total. The number of phenolic OH excluding ortho intramolecular Hbond substituents is 1. The maximum absolute atomic E-state index is 14.5. The third kappa shape index (κ3) is 6.21. The summed E-state index contributed by atoms with van der Waals surface area (Å²) in [5.41, 5.74) is 10.3. The fourth-order valence-corrected chi connectivity index (χ4v) is 5.05. The van der Waals surface area contributed by atoms with Crippen molar-refractivity contribution < 1.29 is 14.7 Å². The van der Waals surface area contributed by atoms with Crippen molar-refractivity contribution >= 4 is 17.6 Å². The molecule has 4 aromatic rings. The van der Waals surface area contributed by atoms with Crippen molar-refractivity contribution in [3.8, 4) is 5.75 Å². The average Bonchev–Trinajstić information content (AvgIpc) is 3.53. The summed E-state index contributed by atoms with van der Waals surface area (Å²) in [6.45, 7) is 1.72. The van der Waals surface area contributed by atoms with Crippen LogP contribution in [0.3, 0.4) is 0 Å². The minimum absolute atomic E-state index is 0.126. The van der Waals surface area contributed by atoms with Gasteiger partial charge in [-0.3, -0.25) is 14.6 Å². The number of amides is 2. The lowest BCUT2D eigenvalue weighted by Crippen LogP contribution is -2.50. The third-order valence-corrected chi connectivity index (χ3v) is 7.12. The van der Waals surface area contributed by atoms with E-state index in [4.69, 9.17) is 5.73 Å². The summed E-state index contributed by atoms with van der Waals surface area (Å²) in [7, 11) is 0. The van der Waals surface area contributed by atoms with Crippen LogP contribution in [-0.2, 0) is 22.6 Å². The second-order valence-electron chi connectivity index (χ2n) is 9.86. The van der Waals surface area contributed by atoms with Crippen LogP contribution in [0.4, 0.5) is 0 Å². The van der Waals surface area contributed by atoms with Gasteiger partial charge in [0.1, 0.15) is 17.6 Å². The van der Waals surface area contributed by atoms with Gasteiger partial charge in [-0.15, -0.1) is 0 Å². The molecule has 0 saturated heterocycles. The Balaban J connectivity index is 1.52. The molecule has 1 aliphatic rings. The molecule has 0 spiro atoms. The second-order valence-corrected chi connectivity index (χ2v) is 9.86. The number of aromatic hydroxyl groups is 1. The first-order chi connectivity index (χ1) is 19.5. The lowest BCUT2D eigenvalue weighted by molar-refractivity contribution is -0.140. The maximum Gasteiger partial charge on any atom is 0.240 e. The number of aliphatic imine (C=N–C) groups is 1. The predicted molar refractivity (Wildman–Crippen MR) is 156 cm³/mol. The number of nitrogens with one attached hydrogen (secondary N) is 1. The number of nitrogens with two attached hydrogens (primary N) is 1. The Morgan fingerprint density at radius 2 is 1.40 bits per heavy atom. The minimum atomic E-state index is -0.899. The molecule has 1 atom stereocenters. The van der Waals surface area contributed by atoms with Gasteiger partial charge >= 0.3 is 0 Å². The van der Waals surface area contributed by atoms with Crippen molar-refractivity contribution in [2.75, 3.05) is 13.1 Å². The van der Waals surface area contributed by atoms with Gasteiger partial charge in [-0.05, 0) is 34.4 Å². The summed E-state index contributed by atoms with van der Waals surface area (Å²) < 4.78 is 0. The van der Waals surface area contributed by atoms with Gasteiger partial charge < -0.3 is 21.1 Å². The summed E-state index contributed by atoms with van der Waals surface area (Å²) in [5.74, 6) is -0.458. The Labute approximate surface area is 234 Å². The Bertz CT molecular complexity index is 1430. The van der Waals surface area contributed by atoms with Crippen LogP contribution in [0.2, 0.25) is 0 Å². The average molecular weight is 533 g/mol. The molecule has 0 bridgehead atoms. The Kier molecular flexibility index (Phi) is 8.21. The van der Waals surface area contributed by atoms with Crippen LogP contribution in [0.5, 0.6) is 5.75 Å². The molecule has 0 radical (unpaired) electrons. The molecule has 202 valence electrons. The largest absolute Gasteiger partial charge is 0.508 e. The van der Waals surface area contributed by atoms with Crippen LogP contribution in [-0.4, -0.2) is 46.8 Å². The van der Waals surface area contributed by atoms with E-state index >= 15 is 0 Å². The van der Waals surface area contributed by atoms with E-state index in [1.807, 2.05) is 84.9 Å². The summed E-state index contributed by atoms with van der Waals surface area (Å²) in [4.78, 5) is 33.6. The van der Waals surface area contributed by atoms with Gasteiger partial charge in [-0.25, -0.2) is 0 Å². The number of phenols is 1. The fraction of sp³-hybridized carbons (Fsp3) is 0.182. The van der Waals surface area contributed by atoms with Crippen LogP contribution < -0.4 is 11.1 Å². The number of hydrogen-bond donors (Lipinski definition) is 3. The highest BCUT2D eigenvalue weighted by Crippen LogP contribution is 2.29. The topological polar surface area (TPSA) is 108 Å². The van der Waals surface area contributed by atoms with Gasteiger partial charge in [-0.1, -0.05) is 97.1 Å². The number of carbonyl (C=O) groups excluding carboxylic acids is 2. The molecule has 0 unspecified atom stereocenters. The van der Waals surface area contributed by atoms with E-state index in [2.05, 4.69) is 10.3 Å². The first-order valence-corrected chi connectivity index (χ1v) is 13.3. The van der Waals surface area contributed by atoms with Crippen LogP contribution in [0, 0.1) is 0 Å². The molecule has 0 saturated carbocycles. The number of primary amides is 1.